The van der Waals surface area contributed by atoms with Crippen molar-refractivity contribution < 1.29 is 4.74 Å². The molecule has 1 aliphatic rings. The van der Waals surface area contributed by atoms with E-state index in [0.717, 1.165) is 44.2 Å². The number of piperazine rings is 1. The van der Waals surface area contributed by atoms with Gasteiger partial charge in [0.15, 0.2) is 5.11 Å². The lowest BCUT2D eigenvalue weighted by Gasteiger charge is -2.37. The molecule has 1 aliphatic heterocycles. The van der Waals surface area contributed by atoms with Gasteiger partial charge in [-0.3, -0.25) is 4.90 Å². The largest absolute Gasteiger partial charge is 0.497 e. The van der Waals surface area contributed by atoms with Gasteiger partial charge in [-0.05, 0) is 42.8 Å². The molecule has 26 heavy (non-hydrogen) atoms. The number of methoxy groups -OCH3 is 1. The van der Waals surface area contributed by atoms with Crippen LogP contribution in [0.4, 0.5) is 5.69 Å². The lowest BCUT2D eigenvalue weighted by atomic mass is 10.1. The van der Waals surface area contributed by atoms with Crippen LogP contribution in [0.15, 0.2) is 41.8 Å². The fourth-order valence-corrected chi connectivity index (χ4v) is 4.15. The molecule has 0 spiro atoms. The van der Waals surface area contributed by atoms with Gasteiger partial charge >= 0.3 is 0 Å². The highest BCUT2D eigenvalue weighted by molar-refractivity contribution is 7.80. The topological polar surface area (TPSA) is 39.8 Å². The molecule has 0 saturated carbocycles. The third-order valence-corrected chi connectivity index (χ3v) is 5.85. The number of likely N-dealkylation sites (N-methyl/N-ethyl adjacent to an activating group) is 1. The predicted octanol–water partition coefficient (Wildman–Crippen LogP) is 3.03. The number of nitrogens with zero attached hydrogens (tertiary/aromatic N) is 2. The zero-order valence-corrected chi connectivity index (χ0v) is 16.9. The van der Waals surface area contributed by atoms with Crippen molar-refractivity contribution in [1.82, 2.24) is 15.1 Å². The van der Waals surface area contributed by atoms with Gasteiger partial charge in [-0.15, -0.1) is 11.3 Å². The van der Waals surface area contributed by atoms with E-state index in [4.69, 9.17) is 17.0 Å². The maximum atomic E-state index is 5.50. The van der Waals surface area contributed by atoms with Crippen molar-refractivity contribution in [3.8, 4) is 5.75 Å². The molecule has 0 aliphatic carbocycles. The Hall–Kier alpha value is -1.67. The van der Waals surface area contributed by atoms with E-state index in [0.29, 0.717) is 11.2 Å². The second kappa shape index (κ2) is 9.32. The van der Waals surface area contributed by atoms with Gasteiger partial charge in [0.25, 0.3) is 0 Å². The lowest BCUT2D eigenvalue weighted by Crippen LogP contribution is -2.48. The fourth-order valence-electron chi connectivity index (χ4n) is 3.09. The molecular formula is C19H26N4OS2. The van der Waals surface area contributed by atoms with Crippen molar-refractivity contribution in [1.29, 1.82) is 0 Å². The molecule has 5 nitrogen and oxygen atoms in total. The average molecular weight is 391 g/mol. The second-order valence-corrected chi connectivity index (χ2v) is 7.82. The number of anilines is 1. The first-order valence-corrected chi connectivity index (χ1v) is 10.1. The molecule has 0 unspecified atom stereocenters. The third-order valence-electron chi connectivity index (χ3n) is 4.63. The quantitative estimate of drug-likeness (QED) is 0.739. The Balaban J connectivity index is 1.59. The van der Waals surface area contributed by atoms with Gasteiger partial charge < -0.3 is 20.3 Å². The molecule has 0 amide bonds. The van der Waals surface area contributed by atoms with Gasteiger partial charge in [-0.25, -0.2) is 0 Å². The van der Waals surface area contributed by atoms with Crippen LogP contribution in [0.3, 0.4) is 0 Å². The minimum atomic E-state index is 0.341. The summed E-state index contributed by atoms with van der Waals surface area (Å²) < 4.78 is 5.26. The molecule has 7 heteroatoms. The van der Waals surface area contributed by atoms with Crippen molar-refractivity contribution in [2.45, 2.75) is 6.04 Å². The van der Waals surface area contributed by atoms with Crippen LogP contribution in [-0.4, -0.2) is 61.8 Å². The Morgan fingerprint density at radius 3 is 2.73 bits per heavy atom. The minimum absolute atomic E-state index is 0.341. The van der Waals surface area contributed by atoms with E-state index < -0.39 is 0 Å². The monoisotopic (exact) mass is 390 g/mol. The predicted molar refractivity (Wildman–Crippen MR) is 113 cm³/mol. The molecule has 2 aromatic rings. The zero-order valence-electron chi connectivity index (χ0n) is 15.3. The summed E-state index contributed by atoms with van der Waals surface area (Å²) in [6, 6.07) is 12.5. The molecule has 2 heterocycles. The number of ether oxygens (including phenoxy) is 1. The zero-order chi connectivity index (χ0) is 18.4. The van der Waals surface area contributed by atoms with E-state index in [-0.39, 0.29) is 0 Å². The van der Waals surface area contributed by atoms with Gasteiger partial charge in [0.2, 0.25) is 0 Å². The van der Waals surface area contributed by atoms with E-state index in [9.17, 15) is 0 Å². The Morgan fingerprint density at radius 2 is 2.04 bits per heavy atom. The number of benzene rings is 1. The number of rotatable bonds is 6. The Bertz CT molecular complexity index is 699. The van der Waals surface area contributed by atoms with Crippen LogP contribution in [0.25, 0.3) is 0 Å². The molecule has 140 valence electrons. The minimum Gasteiger partial charge on any atom is -0.497 e. The summed E-state index contributed by atoms with van der Waals surface area (Å²) in [6.45, 7) is 5.16. The van der Waals surface area contributed by atoms with Crippen LogP contribution < -0.4 is 15.4 Å². The summed E-state index contributed by atoms with van der Waals surface area (Å²) >= 11 is 7.31. The number of hydrogen-bond acceptors (Lipinski definition) is 5. The summed E-state index contributed by atoms with van der Waals surface area (Å²) in [5, 5.41) is 9.42. The normalized spacial score (nSPS) is 16.8. The maximum Gasteiger partial charge on any atom is 0.170 e. The summed E-state index contributed by atoms with van der Waals surface area (Å²) in [5.41, 5.74) is 0.925. The second-order valence-electron chi connectivity index (χ2n) is 6.44. The van der Waals surface area contributed by atoms with Gasteiger partial charge in [0.1, 0.15) is 5.75 Å². The molecule has 3 rings (SSSR count). The van der Waals surface area contributed by atoms with Crippen LogP contribution >= 0.6 is 23.6 Å². The lowest BCUT2D eigenvalue weighted by molar-refractivity contribution is 0.114. The van der Waals surface area contributed by atoms with Crippen LogP contribution in [0.1, 0.15) is 10.9 Å². The van der Waals surface area contributed by atoms with Crippen molar-refractivity contribution in [3.05, 3.63) is 46.7 Å². The van der Waals surface area contributed by atoms with E-state index in [1.165, 1.54) is 4.88 Å². The maximum absolute atomic E-state index is 5.50. The van der Waals surface area contributed by atoms with Crippen LogP contribution in [0, 0.1) is 0 Å². The van der Waals surface area contributed by atoms with Crippen molar-refractivity contribution in [2.75, 3.05) is 52.2 Å². The van der Waals surface area contributed by atoms with Crippen LogP contribution in [0.5, 0.6) is 5.75 Å². The third kappa shape index (κ3) is 5.17. The Kier molecular flexibility index (Phi) is 6.85. The highest BCUT2D eigenvalue weighted by Gasteiger charge is 2.24. The van der Waals surface area contributed by atoms with E-state index in [2.05, 4.69) is 45.0 Å². The first kappa shape index (κ1) is 19.1. The first-order valence-electron chi connectivity index (χ1n) is 8.80. The van der Waals surface area contributed by atoms with E-state index >= 15 is 0 Å². The van der Waals surface area contributed by atoms with Crippen LogP contribution in [0.2, 0.25) is 0 Å². The molecule has 1 aromatic heterocycles. The molecule has 0 radical (unpaired) electrons. The number of thiocarbonyl (C=S) groups is 1. The summed E-state index contributed by atoms with van der Waals surface area (Å²) in [5.74, 6) is 0.812. The molecule has 1 aromatic carbocycles. The summed E-state index contributed by atoms with van der Waals surface area (Å²) in [6.07, 6.45) is 0. The van der Waals surface area contributed by atoms with Gasteiger partial charge in [-0.1, -0.05) is 12.1 Å². The van der Waals surface area contributed by atoms with Gasteiger partial charge in [0.05, 0.1) is 13.2 Å². The highest BCUT2D eigenvalue weighted by Crippen LogP contribution is 2.25. The molecule has 1 saturated heterocycles. The number of nitrogens with one attached hydrogen (secondary N) is 2. The van der Waals surface area contributed by atoms with Gasteiger partial charge in [0, 0.05) is 49.4 Å². The average Bonchev–Trinajstić information content (AvgIpc) is 3.18. The first-order chi connectivity index (χ1) is 12.7. The Morgan fingerprint density at radius 1 is 1.23 bits per heavy atom. The number of hydrogen-bond donors (Lipinski definition) is 2. The summed E-state index contributed by atoms with van der Waals surface area (Å²) in [7, 11) is 3.85. The molecule has 1 atom stereocenters. The van der Waals surface area contributed by atoms with Crippen molar-refractivity contribution >= 4 is 34.4 Å². The van der Waals surface area contributed by atoms with E-state index in [1.807, 2.05) is 35.6 Å². The van der Waals surface area contributed by atoms with E-state index in [1.54, 1.807) is 7.11 Å². The standard InChI is InChI=1S/C19H26N4OS2/c1-22-8-10-23(11-9-22)17(18-7-4-12-26-18)14-20-19(25)21-15-5-3-6-16(13-15)24-2/h3-7,12-13,17H,8-11,14H2,1-2H3,(H2,20,21,25)/t17-/m0/s1. The highest BCUT2D eigenvalue weighted by atomic mass is 32.1. The smallest absolute Gasteiger partial charge is 0.170 e. The van der Waals surface area contributed by atoms with Gasteiger partial charge in [-0.2, -0.15) is 0 Å². The molecule has 1 fully saturated rings. The van der Waals surface area contributed by atoms with Crippen molar-refractivity contribution in [2.24, 2.45) is 0 Å². The molecule has 0 bridgehead atoms. The van der Waals surface area contributed by atoms with Crippen molar-refractivity contribution in [3.63, 3.8) is 0 Å². The SMILES string of the molecule is COc1cccc(NC(=S)NC[C@@H](c2cccs2)N2CCN(C)CC2)c1. The summed E-state index contributed by atoms with van der Waals surface area (Å²) in [4.78, 5) is 6.31. The van der Waals surface area contributed by atoms with Crippen LogP contribution in [-0.2, 0) is 0 Å². The fraction of sp³-hybridized carbons (Fsp3) is 0.421. The molecular weight excluding hydrogens is 364 g/mol. The molecule has 2 N–H and O–H groups in total. The Labute approximate surface area is 164 Å². The number of thiophene rings is 1.